The SMILES string of the molecule is O=C(CC1CCCc2ccccc21)c1ccc(Br)c(F)c1. The number of hydrogen-bond donors (Lipinski definition) is 0. The Morgan fingerprint density at radius 2 is 2.05 bits per heavy atom. The topological polar surface area (TPSA) is 17.1 Å². The number of hydrogen-bond acceptors (Lipinski definition) is 1. The summed E-state index contributed by atoms with van der Waals surface area (Å²) < 4.78 is 13.9. The van der Waals surface area contributed by atoms with Crippen LogP contribution in [0.15, 0.2) is 46.9 Å². The molecule has 0 aromatic heterocycles. The predicted molar refractivity (Wildman–Crippen MR) is 85.2 cm³/mol. The van der Waals surface area contributed by atoms with Gasteiger partial charge in [-0.05, 0) is 64.4 Å². The molecule has 0 radical (unpaired) electrons. The summed E-state index contributed by atoms with van der Waals surface area (Å²) in [6.07, 6.45) is 3.69. The van der Waals surface area contributed by atoms with Gasteiger partial charge in [-0.3, -0.25) is 4.79 Å². The molecule has 0 amide bonds. The standard InChI is InChI=1S/C18H16BrFO/c19-16-9-8-14(10-17(16)20)18(21)11-13-6-3-5-12-4-1-2-7-15(12)13/h1-2,4,7-10,13H,3,5-6,11H2. The average molecular weight is 347 g/mol. The Morgan fingerprint density at radius 3 is 2.86 bits per heavy atom. The molecule has 0 heterocycles. The Hall–Kier alpha value is -1.48. The number of carbonyl (C=O) groups is 1. The van der Waals surface area contributed by atoms with E-state index in [-0.39, 0.29) is 17.5 Å². The first-order valence-corrected chi connectivity index (χ1v) is 8.00. The highest BCUT2D eigenvalue weighted by Gasteiger charge is 2.23. The molecule has 0 N–H and O–H groups in total. The maximum Gasteiger partial charge on any atom is 0.163 e. The Bertz CT molecular complexity index is 681. The molecule has 21 heavy (non-hydrogen) atoms. The van der Waals surface area contributed by atoms with Crippen molar-refractivity contribution in [2.45, 2.75) is 31.6 Å². The highest BCUT2D eigenvalue weighted by atomic mass is 79.9. The van der Waals surface area contributed by atoms with Gasteiger partial charge in [0.15, 0.2) is 5.78 Å². The zero-order chi connectivity index (χ0) is 14.8. The summed E-state index contributed by atoms with van der Waals surface area (Å²) in [4.78, 5) is 12.4. The summed E-state index contributed by atoms with van der Waals surface area (Å²) in [7, 11) is 0. The van der Waals surface area contributed by atoms with Crippen LogP contribution >= 0.6 is 15.9 Å². The molecule has 3 heteroatoms. The Morgan fingerprint density at radius 1 is 1.24 bits per heavy atom. The average Bonchev–Trinajstić information content (AvgIpc) is 2.50. The largest absolute Gasteiger partial charge is 0.294 e. The fourth-order valence-electron chi connectivity index (χ4n) is 3.08. The molecule has 0 aliphatic heterocycles. The van der Waals surface area contributed by atoms with Crippen molar-refractivity contribution < 1.29 is 9.18 Å². The Labute approximate surface area is 132 Å². The van der Waals surface area contributed by atoms with E-state index in [1.807, 2.05) is 12.1 Å². The normalized spacial score (nSPS) is 17.3. The molecule has 2 aromatic carbocycles. The van der Waals surface area contributed by atoms with Crippen LogP contribution in [0.1, 0.15) is 46.7 Å². The van der Waals surface area contributed by atoms with Crippen LogP contribution in [-0.2, 0) is 6.42 Å². The van der Waals surface area contributed by atoms with Gasteiger partial charge in [-0.2, -0.15) is 0 Å². The van der Waals surface area contributed by atoms with E-state index in [4.69, 9.17) is 0 Å². The van der Waals surface area contributed by atoms with Crippen LogP contribution in [0.25, 0.3) is 0 Å². The molecule has 2 aromatic rings. The van der Waals surface area contributed by atoms with E-state index < -0.39 is 0 Å². The second kappa shape index (κ2) is 6.10. The van der Waals surface area contributed by atoms with Gasteiger partial charge in [0.25, 0.3) is 0 Å². The molecule has 1 unspecified atom stereocenters. The lowest BCUT2D eigenvalue weighted by atomic mass is 9.79. The van der Waals surface area contributed by atoms with E-state index in [1.165, 1.54) is 17.2 Å². The third kappa shape index (κ3) is 3.08. The van der Waals surface area contributed by atoms with Crippen LogP contribution in [0.3, 0.4) is 0 Å². The summed E-state index contributed by atoms with van der Waals surface area (Å²) in [6, 6.07) is 12.9. The van der Waals surface area contributed by atoms with Gasteiger partial charge in [0.1, 0.15) is 5.82 Å². The van der Waals surface area contributed by atoms with E-state index >= 15 is 0 Å². The van der Waals surface area contributed by atoms with Gasteiger partial charge >= 0.3 is 0 Å². The lowest BCUT2D eigenvalue weighted by molar-refractivity contribution is 0.0970. The minimum absolute atomic E-state index is 0.0168. The summed E-state index contributed by atoms with van der Waals surface area (Å²) in [5, 5.41) is 0. The van der Waals surface area contributed by atoms with E-state index in [2.05, 4.69) is 28.1 Å². The minimum atomic E-state index is -0.384. The molecule has 0 saturated heterocycles. The smallest absolute Gasteiger partial charge is 0.163 e. The number of carbonyl (C=O) groups excluding carboxylic acids is 1. The molecule has 1 aliphatic carbocycles. The fraction of sp³-hybridized carbons (Fsp3) is 0.278. The van der Waals surface area contributed by atoms with Crippen molar-refractivity contribution in [3.05, 3.63) is 69.4 Å². The predicted octanol–water partition coefficient (Wildman–Crippen LogP) is 5.28. The van der Waals surface area contributed by atoms with Crippen molar-refractivity contribution in [1.82, 2.24) is 0 Å². The van der Waals surface area contributed by atoms with Gasteiger partial charge in [-0.15, -0.1) is 0 Å². The second-order valence-electron chi connectivity index (χ2n) is 5.54. The number of Topliss-reactive ketones (excluding diaryl/α,β-unsaturated/α-hetero) is 1. The molecule has 1 nitrogen and oxygen atoms in total. The van der Waals surface area contributed by atoms with Crippen molar-refractivity contribution in [1.29, 1.82) is 0 Å². The monoisotopic (exact) mass is 346 g/mol. The highest BCUT2D eigenvalue weighted by Crippen LogP contribution is 2.34. The molecule has 108 valence electrons. The Balaban J connectivity index is 1.81. The molecule has 1 aliphatic rings. The second-order valence-corrected chi connectivity index (χ2v) is 6.40. The molecule has 0 saturated carbocycles. The van der Waals surface area contributed by atoms with E-state index in [0.29, 0.717) is 16.5 Å². The van der Waals surface area contributed by atoms with Gasteiger partial charge in [0.2, 0.25) is 0 Å². The van der Waals surface area contributed by atoms with Crippen LogP contribution in [0.4, 0.5) is 4.39 Å². The molecular formula is C18H16BrFO. The molecule has 0 fully saturated rings. The lowest BCUT2D eigenvalue weighted by Crippen LogP contribution is -2.14. The van der Waals surface area contributed by atoms with Crippen LogP contribution in [0.2, 0.25) is 0 Å². The van der Waals surface area contributed by atoms with Gasteiger partial charge < -0.3 is 0 Å². The number of halogens is 2. The maximum atomic E-state index is 13.6. The van der Waals surface area contributed by atoms with E-state index in [0.717, 1.165) is 19.3 Å². The van der Waals surface area contributed by atoms with Gasteiger partial charge in [-0.25, -0.2) is 4.39 Å². The van der Waals surface area contributed by atoms with E-state index in [1.54, 1.807) is 12.1 Å². The van der Waals surface area contributed by atoms with Crippen LogP contribution in [-0.4, -0.2) is 5.78 Å². The summed E-state index contributed by atoms with van der Waals surface area (Å²) in [6.45, 7) is 0. The number of benzene rings is 2. The van der Waals surface area contributed by atoms with Crippen molar-refractivity contribution in [3.63, 3.8) is 0 Å². The summed E-state index contributed by atoms with van der Waals surface area (Å²) >= 11 is 3.11. The van der Waals surface area contributed by atoms with Crippen LogP contribution in [0, 0.1) is 5.82 Å². The van der Waals surface area contributed by atoms with Crippen molar-refractivity contribution in [2.75, 3.05) is 0 Å². The van der Waals surface area contributed by atoms with Gasteiger partial charge in [-0.1, -0.05) is 30.3 Å². The van der Waals surface area contributed by atoms with Crippen molar-refractivity contribution >= 4 is 21.7 Å². The number of ketones is 1. The molecule has 3 rings (SSSR count). The fourth-order valence-corrected chi connectivity index (χ4v) is 3.32. The van der Waals surface area contributed by atoms with Crippen LogP contribution < -0.4 is 0 Å². The summed E-state index contributed by atoms with van der Waals surface area (Å²) in [5.74, 6) is -0.109. The molecular weight excluding hydrogens is 331 g/mol. The number of rotatable bonds is 3. The lowest BCUT2D eigenvalue weighted by Gasteiger charge is -2.25. The first kappa shape index (κ1) is 14.5. The van der Waals surface area contributed by atoms with E-state index in [9.17, 15) is 9.18 Å². The highest BCUT2D eigenvalue weighted by molar-refractivity contribution is 9.10. The van der Waals surface area contributed by atoms with Crippen molar-refractivity contribution in [2.24, 2.45) is 0 Å². The maximum absolute atomic E-state index is 13.6. The third-order valence-electron chi connectivity index (χ3n) is 4.17. The quantitative estimate of drug-likeness (QED) is 0.691. The van der Waals surface area contributed by atoms with Crippen molar-refractivity contribution in [3.8, 4) is 0 Å². The molecule has 1 atom stereocenters. The third-order valence-corrected chi connectivity index (χ3v) is 4.81. The van der Waals surface area contributed by atoms with Gasteiger partial charge in [0.05, 0.1) is 4.47 Å². The van der Waals surface area contributed by atoms with Gasteiger partial charge in [0, 0.05) is 12.0 Å². The zero-order valence-electron chi connectivity index (χ0n) is 11.6. The van der Waals surface area contributed by atoms with Crippen LogP contribution in [0.5, 0.6) is 0 Å². The summed E-state index contributed by atoms with van der Waals surface area (Å²) in [5.41, 5.74) is 3.09. The first-order valence-electron chi connectivity index (χ1n) is 7.21. The Kier molecular flexibility index (Phi) is 4.20. The molecule has 0 bridgehead atoms. The molecule has 0 spiro atoms. The number of fused-ring (bicyclic) bond motifs is 1. The first-order chi connectivity index (χ1) is 10.1. The zero-order valence-corrected chi connectivity index (χ0v) is 13.2. The number of aryl methyl sites for hydroxylation is 1. The minimum Gasteiger partial charge on any atom is -0.294 e.